The van der Waals surface area contributed by atoms with Crippen molar-refractivity contribution >= 4 is 5.91 Å². The highest BCUT2D eigenvalue weighted by Gasteiger charge is 2.23. The van der Waals surface area contributed by atoms with E-state index in [1.807, 2.05) is 30.7 Å². The Morgan fingerprint density at radius 2 is 2.00 bits per heavy atom. The number of carbonyl (C=O) groups is 1. The average Bonchev–Trinajstić information content (AvgIpc) is 2.85. The van der Waals surface area contributed by atoms with Crippen LogP contribution in [0.3, 0.4) is 0 Å². The van der Waals surface area contributed by atoms with Crippen LogP contribution in [0.15, 0.2) is 4.52 Å². The number of aromatic nitrogens is 1. The minimum Gasteiger partial charge on any atom is -0.393 e. The first kappa shape index (κ1) is 18.9. The zero-order valence-corrected chi connectivity index (χ0v) is 15.3. The van der Waals surface area contributed by atoms with Crippen LogP contribution in [-0.4, -0.2) is 83.3 Å². The summed E-state index contributed by atoms with van der Waals surface area (Å²) in [5.74, 6) is 1.05. The number of aliphatic hydroxyl groups is 1. The van der Waals surface area contributed by atoms with Gasteiger partial charge in [-0.25, -0.2) is 0 Å². The van der Waals surface area contributed by atoms with Crippen molar-refractivity contribution in [3.63, 3.8) is 0 Å². The molecule has 0 spiro atoms. The Kier molecular flexibility index (Phi) is 6.77. The SMILES string of the molecule is Cc1noc(C)c1CN1CCN(C(=O)CN(C)CCC(C)O)CC1. The number of hydrogen-bond acceptors (Lipinski definition) is 6. The molecule has 1 atom stereocenters. The molecule has 2 rings (SSSR count). The van der Waals surface area contributed by atoms with Crippen LogP contribution in [-0.2, 0) is 11.3 Å². The molecule has 1 fully saturated rings. The highest BCUT2D eigenvalue weighted by molar-refractivity contribution is 5.78. The van der Waals surface area contributed by atoms with Gasteiger partial charge in [0.25, 0.3) is 0 Å². The Morgan fingerprint density at radius 1 is 1.33 bits per heavy atom. The van der Waals surface area contributed by atoms with E-state index in [4.69, 9.17) is 4.52 Å². The van der Waals surface area contributed by atoms with Crippen LogP contribution in [0.1, 0.15) is 30.4 Å². The van der Waals surface area contributed by atoms with E-state index < -0.39 is 0 Å². The fourth-order valence-electron chi connectivity index (χ4n) is 2.92. The molecule has 1 aromatic heterocycles. The Morgan fingerprint density at radius 3 is 2.54 bits per heavy atom. The summed E-state index contributed by atoms with van der Waals surface area (Å²) in [5.41, 5.74) is 2.11. The zero-order chi connectivity index (χ0) is 17.7. The van der Waals surface area contributed by atoms with Gasteiger partial charge in [-0.05, 0) is 34.2 Å². The lowest BCUT2D eigenvalue weighted by atomic mass is 10.2. The van der Waals surface area contributed by atoms with E-state index in [0.717, 1.165) is 56.3 Å². The Hall–Kier alpha value is -1.44. The summed E-state index contributed by atoms with van der Waals surface area (Å²) in [6.07, 6.45) is 0.366. The molecule has 1 N–H and O–H groups in total. The molecular weight excluding hydrogens is 308 g/mol. The number of aliphatic hydroxyl groups excluding tert-OH is 1. The third kappa shape index (κ3) is 5.29. The number of piperazine rings is 1. The minimum absolute atomic E-state index is 0.167. The Labute approximate surface area is 144 Å². The number of hydrogen-bond donors (Lipinski definition) is 1. The molecule has 136 valence electrons. The molecule has 7 nitrogen and oxygen atoms in total. The lowest BCUT2D eigenvalue weighted by Gasteiger charge is -2.35. The van der Waals surface area contributed by atoms with E-state index in [0.29, 0.717) is 13.0 Å². The van der Waals surface area contributed by atoms with Crippen molar-refractivity contribution in [1.29, 1.82) is 0 Å². The van der Waals surface area contributed by atoms with Crippen molar-refractivity contribution in [3.05, 3.63) is 17.0 Å². The summed E-state index contributed by atoms with van der Waals surface area (Å²) in [4.78, 5) is 18.6. The topological polar surface area (TPSA) is 73.1 Å². The minimum atomic E-state index is -0.324. The maximum atomic E-state index is 12.4. The average molecular weight is 338 g/mol. The number of aryl methyl sites for hydroxylation is 2. The summed E-state index contributed by atoms with van der Waals surface area (Å²) in [6, 6.07) is 0. The molecule has 1 amide bonds. The van der Waals surface area contributed by atoms with Crippen molar-refractivity contribution in [2.24, 2.45) is 0 Å². The normalized spacial score (nSPS) is 17.5. The van der Waals surface area contributed by atoms with Gasteiger partial charge in [0.15, 0.2) is 0 Å². The first-order valence-corrected chi connectivity index (χ1v) is 8.65. The van der Waals surface area contributed by atoms with Crippen molar-refractivity contribution in [3.8, 4) is 0 Å². The van der Waals surface area contributed by atoms with Gasteiger partial charge in [-0.2, -0.15) is 0 Å². The molecule has 1 aliphatic rings. The molecule has 1 saturated heterocycles. The van der Waals surface area contributed by atoms with E-state index >= 15 is 0 Å². The summed E-state index contributed by atoms with van der Waals surface area (Å²) < 4.78 is 5.22. The van der Waals surface area contributed by atoms with E-state index in [2.05, 4.69) is 10.1 Å². The third-order valence-corrected chi connectivity index (χ3v) is 4.62. The molecule has 1 aromatic rings. The van der Waals surface area contributed by atoms with E-state index in [1.54, 1.807) is 6.92 Å². The first-order chi connectivity index (χ1) is 11.4. The van der Waals surface area contributed by atoms with Crippen molar-refractivity contribution in [2.45, 2.75) is 39.8 Å². The molecule has 2 heterocycles. The van der Waals surface area contributed by atoms with Gasteiger partial charge >= 0.3 is 0 Å². The molecule has 1 aliphatic heterocycles. The molecule has 24 heavy (non-hydrogen) atoms. The van der Waals surface area contributed by atoms with Crippen LogP contribution >= 0.6 is 0 Å². The molecule has 0 aliphatic carbocycles. The zero-order valence-electron chi connectivity index (χ0n) is 15.3. The highest BCUT2D eigenvalue weighted by atomic mass is 16.5. The number of likely N-dealkylation sites (N-methyl/N-ethyl adjacent to an activating group) is 1. The largest absolute Gasteiger partial charge is 0.393 e. The second kappa shape index (κ2) is 8.60. The number of nitrogens with zero attached hydrogens (tertiary/aromatic N) is 4. The van der Waals surface area contributed by atoms with Crippen LogP contribution in [0.5, 0.6) is 0 Å². The summed E-state index contributed by atoms with van der Waals surface area (Å²) in [6.45, 7) is 10.9. The maximum absolute atomic E-state index is 12.4. The Bertz CT molecular complexity index is 516. The fourth-order valence-corrected chi connectivity index (χ4v) is 2.92. The summed E-state index contributed by atoms with van der Waals surface area (Å²) >= 11 is 0. The van der Waals surface area contributed by atoms with Gasteiger partial charge in [-0.15, -0.1) is 0 Å². The highest BCUT2D eigenvalue weighted by Crippen LogP contribution is 2.16. The fraction of sp³-hybridized carbons (Fsp3) is 0.765. The van der Waals surface area contributed by atoms with Gasteiger partial charge in [0.05, 0.1) is 18.3 Å². The second-order valence-corrected chi connectivity index (χ2v) is 6.84. The van der Waals surface area contributed by atoms with Crippen LogP contribution in [0.25, 0.3) is 0 Å². The number of amides is 1. The van der Waals surface area contributed by atoms with Gasteiger partial charge in [0.1, 0.15) is 5.76 Å². The third-order valence-electron chi connectivity index (χ3n) is 4.62. The first-order valence-electron chi connectivity index (χ1n) is 8.65. The monoisotopic (exact) mass is 338 g/mol. The lowest BCUT2D eigenvalue weighted by Crippen LogP contribution is -2.50. The van der Waals surface area contributed by atoms with E-state index in [-0.39, 0.29) is 12.0 Å². The molecule has 1 unspecified atom stereocenters. The summed E-state index contributed by atoms with van der Waals surface area (Å²) in [7, 11) is 1.92. The van der Waals surface area contributed by atoms with Gasteiger partial charge < -0.3 is 14.5 Å². The van der Waals surface area contributed by atoms with Gasteiger partial charge in [-0.1, -0.05) is 5.16 Å². The van der Waals surface area contributed by atoms with Crippen molar-refractivity contribution in [1.82, 2.24) is 19.9 Å². The van der Waals surface area contributed by atoms with Gasteiger partial charge in [0.2, 0.25) is 5.91 Å². The second-order valence-electron chi connectivity index (χ2n) is 6.84. The van der Waals surface area contributed by atoms with Gasteiger partial charge in [0, 0.05) is 44.8 Å². The molecular formula is C17H30N4O3. The van der Waals surface area contributed by atoms with Crippen LogP contribution < -0.4 is 0 Å². The molecule has 0 radical (unpaired) electrons. The lowest BCUT2D eigenvalue weighted by molar-refractivity contribution is -0.134. The molecule has 0 saturated carbocycles. The number of carbonyl (C=O) groups excluding carboxylic acids is 1. The maximum Gasteiger partial charge on any atom is 0.236 e. The smallest absolute Gasteiger partial charge is 0.236 e. The quantitative estimate of drug-likeness (QED) is 0.786. The van der Waals surface area contributed by atoms with Crippen molar-refractivity contribution < 1.29 is 14.4 Å². The molecule has 0 aromatic carbocycles. The Balaban J connectivity index is 1.75. The number of rotatable bonds is 7. The summed E-state index contributed by atoms with van der Waals surface area (Å²) in [5, 5.41) is 13.3. The van der Waals surface area contributed by atoms with E-state index in [1.165, 1.54) is 0 Å². The predicted molar refractivity (Wildman–Crippen MR) is 91.6 cm³/mol. The van der Waals surface area contributed by atoms with Crippen LogP contribution in [0.2, 0.25) is 0 Å². The van der Waals surface area contributed by atoms with Crippen LogP contribution in [0, 0.1) is 13.8 Å². The van der Waals surface area contributed by atoms with Crippen molar-refractivity contribution in [2.75, 3.05) is 46.3 Å². The molecule has 7 heteroatoms. The predicted octanol–water partition coefficient (Wildman–Crippen LogP) is 0.638. The van der Waals surface area contributed by atoms with Gasteiger partial charge in [-0.3, -0.25) is 14.6 Å². The van der Waals surface area contributed by atoms with Crippen LogP contribution in [0.4, 0.5) is 0 Å². The standard InChI is InChI=1S/C17H30N4O3/c1-13(22)5-6-19(4)12-17(23)21-9-7-20(8-10-21)11-16-14(2)18-24-15(16)3/h13,22H,5-12H2,1-4H3. The molecule has 0 bridgehead atoms. The van der Waals surface area contributed by atoms with E-state index in [9.17, 15) is 9.90 Å².